The molecule has 5 nitrogen and oxygen atoms in total. The molecule has 0 aliphatic heterocycles. The van der Waals surface area contributed by atoms with Crippen LogP contribution < -0.4 is 4.74 Å². The molecule has 1 aromatic rings. The topological polar surface area (TPSA) is 59.0 Å². The van der Waals surface area contributed by atoms with Gasteiger partial charge in [0.25, 0.3) is 5.91 Å². The molecule has 0 spiro atoms. The molecule has 1 amide bonds. The van der Waals surface area contributed by atoms with Crippen LogP contribution in [-0.4, -0.2) is 50.3 Å². The largest absolute Gasteiger partial charge is 0.504 e. The highest BCUT2D eigenvalue weighted by molar-refractivity contribution is 5.94. The van der Waals surface area contributed by atoms with Crippen molar-refractivity contribution in [3.05, 3.63) is 23.8 Å². The van der Waals surface area contributed by atoms with Crippen LogP contribution in [0, 0.1) is 0 Å². The molecule has 5 heteroatoms. The average molecular weight is 239 g/mol. The molecule has 0 saturated carbocycles. The first-order valence-electron chi connectivity index (χ1n) is 5.21. The second-order valence-corrected chi connectivity index (χ2v) is 3.61. The molecule has 0 saturated heterocycles. The van der Waals surface area contributed by atoms with E-state index in [2.05, 4.69) is 0 Å². The average Bonchev–Trinajstić information content (AvgIpc) is 2.34. The zero-order valence-electron chi connectivity index (χ0n) is 10.3. The molecular weight excluding hydrogens is 222 g/mol. The zero-order valence-corrected chi connectivity index (χ0v) is 10.3. The number of phenols is 1. The molecular formula is C12H17NO4. The quantitative estimate of drug-likeness (QED) is 0.836. The number of carbonyl (C=O) groups is 1. The minimum atomic E-state index is -0.167. The maximum absolute atomic E-state index is 11.9. The number of carbonyl (C=O) groups excluding carboxylic acids is 1. The Balaban J connectivity index is 2.78. The van der Waals surface area contributed by atoms with Crippen LogP contribution in [0.5, 0.6) is 11.5 Å². The third kappa shape index (κ3) is 3.35. The van der Waals surface area contributed by atoms with E-state index in [9.17, 15) is 9.90 Å². The molecule has 0 aromatic heterocycles. The van der Waals surface area contributed by atoms with E-state index in [-0.39, 0.29) is 11.7 Å². The van der Waals surface area contributed by atoms with Crippen molar-refractivity contribution < 1.29 is 19.4 Å². The zero-order chi connectivity index (χ0) is 12.8. The summed E-state index contributed by atoms with van der Waals surface area (Å²) < 4.78 is 9.81. The van der Waals surface area contributed by atoms with E-state index in [1.807, 2.05) is 0 Å². The van der Waals surface area contributed by atoms with Crippen LogP contribution in [0.25, 0.3) is 0 Å². The van der Waals surface area contributed by atoms with Crippen LogP contribution in [0.15, 0.2) is 18.2 Å². The van der Waals surface area contributed by atoms with Crippen molar-refractivity contribution in [3.63, 3.8) is 0 Å². The molecule has 0 aliphatic rings. The number of rotatable bonds is 5. The van der Waals surface area contributed by atoms with E-state index >= 15 is 0 Å². The van der Waals surface area contributed by atoms with E-state index < -0.39 is 0 Å². The number of nitrogens with zero attached hydrogens (tertiary/aromatic N) is 1. The van der Waals surface area contributed by atoms with Gasteiger partial charge in [-0.25, -0.2) is 0 Å². The summed E-state index contributed by atoms with van der Waals surface area (Å²) >= 11 is 0. The summed E-state index contributed by atoms with van der Waals surface area (Å²) in [7, 11) is 4.72. The summed E-state index contributed by atoms with van der Waals surface area (Å²) in [5.41, 5.74) is 0.418. The fourth-order valence-electron chi connectivity index (χ4n) is 1.37. The number of phenolic OH excluding ortho intramolecular Hbond substituents is 1. The Bertz CT molecular complexity index is 392. The van der Waals surface area contributed by atoms with Gasteiger partial charge >= 0.3 is 0 Å². The number of benzene rings is 1. The van der Waals surface area contributed by atoms with E-state index in [0.717, 1.165) is 0 Å². The molecule has 0 radical (unpaired) electrons. The maximum Gasteiger partial charge on any atom is 0.253 e. The number of hydrogen-bond acceptors (Lipinski definition) is 4. The first-order chi connectivity index (χ1) is 8.10. The van der Waals surface area contributed by atoms with Crippen LogP contribution in [0.1, 0.15) is 10.4 Å². The molecule has 1 N–H and O–H groups in total. The highest BCUT2D eigenvalue weighted by Crippen LogP contribution is 2.26. The van der Waals surface area contributed by atoms with Gasteiger partial charge in [0, 0.05) is 26.3 Å². The Labute approximate surface area is 101 Å². The number of methoxy groups -OCH3 is 2. The van der Waals surface area contributed by atoms with Gasteiger partial charge in [-0.2, -0.15) is 0 Å². The summed E-state index contributed by atoms with van der Waals surface area (Å²) in [6.45, 7) is 0.979. The van der Waals surface area contributed by atoms with E-state index in [1.165, 1.54) is 18.1 Å². The number of aromatic hydroxyl groups is 1. The van der Waals surface area contributed by atoms with E-state index in [0.29, 0.717) is 24.5 Å². The molecule has 0 heterocycles. The third-order valence-corrected chi connectivity index (χ3v) is 2.40. The summed E-state index contributed by atoms with van der Waals surface area (Å²) in [6.07, 6.45) is 0. The van der Waals surface area contributed by atoms with Crippen LogP contribution in [-0.2, 0) is 4.74 Å². The Morgan fingerprint density at radius 1 is 1.41 bits per heavy atom. The summed E-state index contributed by atoms with van der Waals surface area (Å²) in [6, 6.07) is 4.57. The molecule has 94 valence electrons. The van der Waals surface area contributed by atoms with Crippen LogP contribution >= 0.6 is 0 Å². The van der Waals surface area contributed by atoms with Gasteiger partial charge in [0.1, 0.15) is 0 Å². The van der Waals surface area contributed by atoms with Crippen molar-refractivity contribution in [2.75, 3.05) is 34.4 Å². The van der Waals surface area contributed by atoms with Crippen molar-refractivity contribution in [3.8, 4) is 11.5 Å². The summed E-state index contributed by atoms with van der Waals surface area (Å²) in [5.74, 6) is 0.139. The molecule has 0 unspecified atom stereocenters. The van der Waals surface area contributed by atoms with E-state index in [1.54, 1.807) is 26.3 Å². The number of hydrogen-bond donors (Lipinski definition) is 1. The molecule has 1 rings (SSSR count). The summed E-state index contributed by atoms with van der Waals surface area (Å²) in [5, 5.41) is 9.58. The Hall–Kier alpha value is -1.75. The van der Waals surface area contributed by atoms with Crippen LogP contribution in [0.2, 0.25) is 0 Å². The monoisotopic (exact) mass is 239 g/mol. The molecule has 0 bridgehead atoms. The minimum absolute atomic E-state index is 0.0431. The van der Waals surface area contributed by atoms with Crippen molar-refractivity contribution in [1.29, 1.82) is 0 Å². The van der Waals surface area contributed by atoms with Gasteiger partial charge in [0.2, 0.25) is 0 Å². The van der Waals surface area contributed by atoms with Crippen molar-refractivity contribution >= 4 is 5.91 Å². The molecule has 0 atom stereocenters. The van der Waals surface area contributed by atoms with Crippen molar-refractivity contribution in [2.24, 2.45) is 0 Å². The van der Waals surface area contributed by atoms with Crippen molar-refractivity contribution in [1.82, 2.24) is 4.90 Å². The Morgan fingerprint density at radius 2 is 2.12 bits per heavy atom. The fraction of sp³-hybridized carbons (Fsp3) is 0.417. The number of ether oxygens (including phenoxy) is 2. The first kappa shape index (κ1) is 13.3. The maximum atomic E-state index is 11.9. The van der Waals surface area contributed by atoms with Gasteiger partial charge in [-0.05, 0) is 18.2 Å². The number of likely N-dealkylation sites (N-methyl/N-ethyl adjacent to an activating group) is 1. The van der Waals surface area contributed by atoms with Gasteiger partial charge in [0.15, 0.2) is 11.5 Å². The predicted octanol–water partition coefficient (Wildman–Crippen LogP) is 1.12. The number of amides is 1. The van der Waals surface area contributed by atoms with Gasteiger partial charge < -0.3 is 19.5 Å². The van der Waals surface area contributed by atoms with Crippen LogP contribution in [0.4, 0.5) is 0 Å². The molecule has 17 heavy (non-hydrogen) atoms. The van der Waals surface area contributed by atoms with E-state index in [4.69, 9.17) is 9.47 Å². The lowest BCUT2D eigenvalue weighted by molar-refractivity contribution is 0.0744. The highest BCUT2D eigenvalue weighted by Gasteiger charge is 2.13. The second-order valence-electron chi connectivity index (χ2n) is 3.61. The first-order valence-corrected chi connectivity index (χ1v) is 5.21. The van der Waals surface area contributed by atoms with Crippen LogP contribution in [0.3, 0.4) is 0 Å². The fourth-order valence-corrected chi connectivity index (χ4v) is 1.37. The molecule has 0 fully saturated rings. The SMILES string of the molecule is COCCN(C)C(=O)c1ccc(OC)c(O)c1. The lowest BCUT2D eigenvalue weighted by Gasteiger charge is -2.17. The standard InChI is InChI=1S/C12H17NO4/c1-13(6-7-16-2)12(15)9-4-5-11(17-3)10(14)8-9/h4-5,8,14H,6-7H2,1-3H3. The Kier molecular flexibility index (Phi) is 4.78. The normalized spacial score (nSPS) is 10.1. The smallest absolute Gasteiger partial charge is 0.253 e. The van der Waals surface area contributed by atoms with Gasteiger partial charge in [-0.15, -0.1) is 0 Å². The minimum Gasteiger partial charge on any atom is -0.504 e. The highest BCUT2D eigenvalue weighted by atomic mass is 16.5. The summed E-state index contributed by atoms with van der Waals surface area (Å²) in [4.78, 5) is 13.5. The van der Waals surface area contributed by atoms with Gasteiger partial charge in [-0.1, -0.05) is 0 Å². The van der Waals surface area contributed by atoms with Gasteiger partial charge in [0.05, 0.1) is 13.7 Å². The predicted molar refractivity (Wildman–Crippen MR) is 63.5 cm³/mol. The van der Waals surface area contributed by atoms with Crippen molar-refractivity contribution in [2.45, 2.75) is 0 Å². The lowest BCUT2D eigenvalue weighted by Crippen LogP contribution is -2.29. The second kappa shape index (κ2) is 6.10. The van der Waals surface area contributed by atoms with Gasteiger partial charge in [-0.3, -0.25) is 4.79 Å². The molecule has 1 aromatic carbocycles. The Morgan fingerprint density at radius 3 is 2.65 bits per heavy atom. The lowest BCUT2D eigenvalue weighted by atomic mass is 10.2. The third-order valence-electron chi connectivity index (χ3n) is 2.40. The molecule has 0 aliphatic carbocycles.